The maximum absolute atomic E-state index is 13.7. The van der Waals surface area contributed by atoms with Crippen LogP contribution >= 0.6 is 0 Å². The van der Waals surface area contributed by atoms with E-state index in [1.165, 1.54) is 10.2 Å². The minimum absolute atomic E-state index is 0.0649. The number of aromatic nitrogens is 1. The number of likely N-dealkylation sites (N-methyl/N-ethyl adjacent to an activating group) is 1. The molecule has 0 bridgehead atoms. The molecule has 2 atom stereocenters. The summed E-state index contributed by atoms with van der Waals surface area (Å²) in [6.45, 7) is 17.9. The molecule has 6 nitrogen and oxygen atoms in total. The first-order chi connectivity index (χ1) is 14.5. The van der Waals surface area contributed by atoms with Crippen LogP contribution in [0, 0.1) is 5.41 Å². The number of nitrogens with zero attached hydrogens (tertiary/aromatic N) is 2. The van der Waals surface area contributed by atoms with Crippen LogP contribution in [-0.4, -0.2) is 46.2 Å². The molecule has 180 valence electrons. The summed E-state index contributed by atoms with van der Waals surface area (Å²) >= 11 is 0. The molecule has 6 heteroatoms. The lowest BCUT2D eigenvalue weighted by atomic mass is 9.76. The van der Waals surface area contributed by atoms with Gasteiger partial charge in [0.25, 0.3) is 0 Å². The molecule has 1 aliphatic carbocycles. The largest absolute Gasteiger partial charge is 0.444 e. The Morgan fingerprint density at radius 1 is 1.06 bits per heavy atom. The van der Waals surface area contributed by atoms with Gasteiger partial charge in [0.05, 0.1) is 0 Å². The summed E-state index contributed by atoms with van der Waals surface area (Å²) in [5, 5.41) is 5.49. The number of fused-ring (bicyclic) bond motifs is 1. The molecule has 1 N–H and O–H groups in total. The molecule has 2 amide bonds. The predicted molar refractivity (Wildman–Crippen MR) is 131 cm³/mol. The number of carbonyl (C=O) groups excluding carboxylic acids is 2. The maximum atomic E-state index is 13.7. The third-order valence-corrected chi connectivity index (χ3v) is 6.47. The molecule has 0 saturated heterocycles. The van der Waals surface area contributed by atoms with Crippen LogP contribution in [0.4, 0.5) is 4.79 Å². The number of ether oxygens (including phenoxy) is 1. The van der Waals surface area contributed by atoms with Crippen LogP contribution in [0.5, 0.6) is 0 Å². The standard InChI is InChI=1S/C26H43N3O3/c1-17(24(2,3)4)27-22(30)21(29(11)23(31)32-25(5,6)7)26(8,9)19-16-28(10)20-15-13-12-14-18(19)20/h14-17,21H,12-13H2,1-11H3,(H,27,30). The molecule has 0 radical (unpaired) electrons. The minimum Gasteiger partial charge on any atom is -0.444 e. The van der Waals surface area contributed by atoms with E-state index in [1.807, 2.05) is 48.6 Å². The molecule has 0 aromatic carbocycles. The molecular weight excluding hydrogens is 402 g/mol. The van der Waals surface area contributed by atoms with E-state index >= 15 is 0 Å². The van der Waals surface area contributed by atoms with Crippen molar-refractivity contribution in [1.29, 1.82) is 0 Å². The van der Waals surface area contributed by atoms with Gasteiger partial charge in [-0.05, 0) is 56.7 Å². The number of hydrogen-bond donors (Lipinski definition) is 1. The fourth-order valence-corrected chi connectivity index (χ4v) is 4.17. The molecule has 0 aliphatic heterocycles. The van der Waals surface area contributed by atoms with Crippen LogP contribution in [0.25, 0.3) is 12.2 Å². The van der Waals surface area contributed by atoms with E-state index in [-0.39, 0.29) is 17.4 Å². The molecule has 1 aromatic rings. The van der Waals surface area contributed by atoms with Crippen LogP contribution in [0.3, 0.4) is 0 Å². The molecule has 0 spiro atoms. The molecule has 2 rings (SSSR count). The Hall–Kier alpha value is -2.24. The third-order valence-electron chi connectivity index (χ3n) is 6.47. The van der Waals surface area contributed by atoms with Gasteiger partial charge in [0, 0.05) is 37.1 Å². The Morgan fingerprint density at radius 2 is 1.62 bits per heavy atom. The summed E-state index contributed by atoms with van der Waals surface area (Å²) < 4.78 is 7.75. The third kappa shape index (κ3) is 5.57. The Bertz CT molecular complexity index is 974. The van der Waals surface area contributed by atoms with Gasteiger partial charge in [0.1, 0.15) is 11.6 Å². The number of nitrogens with one attached hydrogen (secondary N) is 1. The van der Waals surface area contributed by atoms with E-state index in [4.69, 9.17) is 4.74 Å². The van der Waals surface area contributed by atoms with E-state index < -0.39 is 23.2 Å². The van der Waals surface area contributed by atoms with E-state index in [0.29, 0.717) is 0 Å². The number of carbonyl (C=O) groups is 2. The second kappa shape index (κ2) is 8.95. The Kier molecular flexibility index (Phi) is 7.28. The molecule has 0 saturated carbocycles. The fourth-order valence-electron chi connectivity index (χ4n) is 4.17. The second-order valence-corrected chi connectivity index (χ2v) is 11.7. The van der Waals surface area contributed by atoms with Crippen molar-refractivity contribution in [2.75, 3.05) is 7.05 Å². The highest BCUT2D eigenvalue weighted by Gasteiger charge is 2.44. The topological polar surface area (TPSA) is 63.6 Å². The molecule has 1 heterocycles. The highest BCUT2D eigenvalue weighted by Crippen LogP contribution is 2.30. The molecule has 1 aliphatic rings. The van der Waals surface area contributed by atoms with Gasteiger partial charge in [0.2, 0.25) is 5.91 Å². The summed E-state index contributed by atoms with van der Waals surface area (Å²) in [5.41, 5.74) is -0.349. The Morgan fingerprint density at radius 3 is 2.16 bits per heavy atom. The maximum Gasteiger partial charge on any atom is 0.410 e. The minimum atomic E-state index is -0.746. The number of hydrogen-bond acceptors (Lipinski definition) is 3. The molecule has 0 fully saturated rings. The zero-order valence-electron chi connectivity index (χ0n) is 21.9. The lowest BCUT2D eigenvalue weighted by Gasteiger charge is -2.41. The van der Waals surface area contributed by atoms with Crippen molar-refractivity contribution in [3.8, 4) is 0 Å². The van der Waals surface area contributed by atoms with Gasteiger partial charge in [-0.2, -0.15) is 0 Å². The van der Waals surface area contributed by atoms with Crippen molar-refractivity contribution >= 4 is 24.2 Å². The lowest BCUT2D eigenvalue weighted by Crippen LogP contribution is -2.60. The zero-order chi connectivity index (χ0) is 24.6. The van der Waals surface area contributed by atoms with Crippen molar-refractivity contribution in [2.24, 2.45) is 12.5 Å². The number of amides is 2. The van der Waals surface area contributed by atoms with Crippen molar-refractivity contribution in [1.82, 2.24) is 14.8 Å². The van der Waals surface area contributed by atoms with Crippen LogP contribution in [-0.2, 0) is 22.0 Å². The van der Waals surface area contributed by atoms with Crippen molar-refractivity contribution in [2.45, 2.75) is 98.3 Å². The van der Waals surface area contributed by atoms with Gasteiger partial charge in [-0.1, -0.05) is 46.8 Å². The van der Waals surface area contributed by atoms with E-state index in [1.54, 1.807) is 7.05 Å². The van der Waals surface area contributed by atoms with Crippen LogP contribution in [0.15, 0.2) is 6.20 Å². The summed E-state index contributed by atoms with van der Waals surface area (Å²) in [7, 11) is 3.69. The summed E-state index contributed by atoms with van der Waals surface area (Å²) in [5.74, 6) is -0.178. The zero-order valence-corrected chi connectivity index (χ0v) is 21.9. The van der Waals surface area contributed by atoms with Crippen LogP contribution in [0.2, 0.25) is 0 Å². The summed E-state index contributed by atoms with van der Waals surface area (Å²) in [6.07, 6.45) is 8.06. The Labute approximate surface area is 193 Å². The SMILES string of the molecule is CC(NC(=O)C(N(C)C(=O)OC(C)(C)C)C(C)(C)c1cn(C)c2c1=CCCC=2)C(C)(C)C. The molecule has 32 heavy (non-hydrogen) atoms. The smallest absolute Gasteiger partial charge is 0.410 e. The highest BCUT2D eigenvalue weighted by atomic mass is 16.6. The lowest BCUT2D eigenvalue weighted by molar-refractivity contribution is -0.129. The first-order valence-electron chi connectivity index (χ1n) is 11.6. The first kappa shape index (κ1) is 26.0. The fraction of sp³-hybridized carbons (Fsp3) is 0.692. The van der Waals surface area contributed by atoms with Crippen molar-refractivity contribution in [3.05, 3.63) is 22.3 Å². The summed E-state index contributed by atoms with van der Waals surface area (Å²) in [6, 6.07) is -0.811. The second-order valence-electron chi connectivity index (χ2n) is 11.7. The molecule has 2 unspecified atom stereocenters. The van der Waals surface area contributed by atoms with Crippen LogP contribution < -0.4 is 15.9 Å². The monoisotopic (exact) mass is 445 g/mol. The van der Waals surface area contributed by atoms with Crippen LogP contribution in [0.1, 0.15) is 80.7 Å². The Balaban J connectivity index is 2.57. The molecule has 1 aromatic heterocycles. The quantitative estimate of drug-likeness (QED) is 0.755. The molecular formula is C26H43N3O3. The van der Waals surface area contributed by atoms with Gasteiger partial charge in [-0.15, -0.1) is 0 Å². The first-order valence-corrected chi connectivity index (χ1v) is 11.6. The average molecular weight is 446 g/mol. The van der Waals surface area contributed by atoms with E-state index in [9.17, 15) is 9.59 Å². The van der Waals surface area contributed by atoms with Gasteiger partial charge >= 0.3 is 6.09 Å². The predicted octanol–water partition coefficient (Wildman–Crippen LogP) is 3.44. The highest BCUT2D eigenvalue weighted by molar-refractivity contribution is 5.87. The van der Waals surface area contributed by atoms with Crippen molar-refractivity contribution < 1.29 is 14.3 Å². The van der Waals surface area contributed by atoms with Gasteiger partial charge in [0.15, 0.2) is 0 Å². The summed E-state index contributed by atoms with van der Waals surface area (Å²) in [4.78, 5) is 28.2. The van der Waals surface area contributed by atoms with Gasteiger partial charge in [-0.3, -0.25) is 9.69 Å². The van der Waals surface area contributed by atoms with Gasteiger partial charge < -0.3 is 14.6 Å². The number of aryl methyl sites for hydroxylation is 1. The van der Waals surface area contributed by atoms with Crippen molar-refractivity contribution in [3.63, 3.8) is 0 Å². The number of rotatable bonds is 5. The van der Waals surface area contributed by atoms with E-state index in [2.05, 4.69) is 49.0 Å². The normalized spacial score (nSPS) is 16.2. The van der Waals surface area contributed by atoms with E-state index in [0.717, 1.165) is 23.6 Å². The van der Waals surface area contributed by atoms with Gasteiger partial charge in [-0.25, -0.2) is 4.79 Å². The average Bonchev–Trinajstić information content (AvgIpc) is 2.97.